The summed E-state index contributed by atoms with van der Waals surface area (Å²) in [6.07, 6.45) is 2.99. The fourth-order valence-corrected chi connectivity index (χ4v) is 5.76. The van der Waals surface area contributed by atoms with Crippen molar-refractivity contribution in [1.29, 1.82) is 0 Å². The van der Waals surface area contributed by atoms with Crippen molar-refractivity contribution in [3.63, 3.8) is 0 Å². The number of carbonyl (C=O) groups excluding carboxylic acids is 2. The number of nitrogens with one attached hydrogen (secondary N) is 1. The molecular weight excluding hydrogens is 464 g/mol. The first-order valence-corrected chi connectivity index (χ1v) is 13.6. The number of nitrogens with zero attached hydrogens (tertiary/aromatic N) is 1. The lowest BCUT2D eigenvalue weighted by Crippen LogP contribution is -2.47. The Balaban J connectivity index is 1.85. The van der Waals surface area contributed by atoms with E-state index in [1.807, 2.05) is 32.2 Å². The molecule has 0 aromatic carbocycles. The van der Waals surface area contributed by atoms with Gasteiger partial charge in [-0.1, -0.05) is 34.1 Å². The van der Waals surface area contributed by atoms with Gasteiger partial charge < -0.3 is 20.3 Å². The van der Waals surface area contributed by atoms with E-state index in [1.165, 1.54) is 0 Å². The van der Waals surface area contributed by atoms with Gasteiger partial charge >= 0.3 is 0 Å². The Labute approximate surface area is 213 Å². The summed E-state index contributed by atoms with van der Waals surface area (Å²) in [7, 11) is 0. The average Bonchev–Trinajstić information content (AvgIpc) is 3.22. The minimum Gasteiger partial charge on any atom is -0.392 e. The highest BCUT2D eigenvalue weighted by atomic mass is 32.1. The fourth-order valence-electron chi connectivity index (χ4n) is 5.19. The maximum absolute atomic E-state index is 13.2. The number of thiazole rings is 1. The van der Waals surface area contributed by atoms with Gasteiger partial charge in [0.1, 0.15) is 5.78 Å². The zero-order valence-electron chi connectivity index (χ0n) is 22.1. The third-order valence-corrected chi connectivity index (χ3v) is 8.86. The number of Topliss-reactive ketones (excluding diaryl/α,β-unsaturated/α-hetero) is 1. The second kappa shape index (κ2) is 10.8. The van der Waals surface area contributed by atoms with Crippen LogP contribution < -0.4 is 5.32 Å². The SMILES string of the molecule is C/C(=C\c1csc(C)n1)[C@@H]1CC2O[C@]2(C)CCC[C@H](C)[C@H](O)[C@@H](C)C(=O)C(C)(C)[C@@H](O)CC(=O)N1. The van der Waals surface area contributed by atoms with Crippen LogP contribution in [-0.4, -0.2) is 56.8 Å². The molecule has 1 aromatic heterocycles. The Morgan fingerprint density at radius 3 is 2.57 bits per heavy atom. The van der Waals surface area contributed by atoms with Crippen LogP contribution in [0, 0.1) is 24.2 Å². The first-order chi connectivity index (χ1) is 16.2. The molecule has 0 saturated carbocycles. The van der Waals surface area contributed by atoms with Gasteiger partial charge in [0.15, 0.2) is 0 Å². The number of aliphatic hydroxyl groups excluding tert-OH is 2. The van der Waals surface area contributed by atoms with Crippen LogP contribution in [0.3, 0.4) is 0 Å². The number of ketones is 1. The highest BCUT2D eigenvalue weighted by Crippen LogP contribution is 2.44. The highest BCUT2D eigenvalue weighted by molar-refractivity contribution is 7.09. The Morgan fingerprint density at radius 1 is 1.26 bits per heavy atom. The molecule has 35 heavy (non-hydrogen) atoms. The van der Waals surface area contributed by atoms with Crippen molar-refractivity contribution >= 4 is 29.1 Å². The van der Waals surface area contributed by atoms with Gasteiger partial charge in [0.05, 0.1) is 52.5 Å². The topological polar surface area (TPSA) is 112 Å². The van der Waals surface area contributed by atoms with Gasteiger partial charge in [0.2, 0.25) is 5.91 Å². The van der Waals surface area contributed by atoms with Crippen molar-refractivity contribution in [3.05, 3.63) is 21.7 Å². The monoisotopic (exact) mass is 506 g/mol. The van der Waals surface area contributed by atoms with Gasteiger partial charge in [-0.25, -0.2) is 4.98 Å². The van der Waals surface area contributed by atoms with Gasteiger partial charge in [-0.15, -0.1) is 11.3 Å². The predicted octanol–water partition coefficient (Wildman–Crippen LogP) is 4.05. The minimum atomic E-state index is -1.17. The van der Waals surface area contributed by atoms with E-state index in [0.29, 0.717) is 6.42 Å². The van der Waals surface area contributed by atoms with Crippen LogP contribution in [0.15, 0.2) is 11.0 Å². The molecule has 1 amide bonds. The summed E-state index contributed by atoms with van der Waals surface area (Å²) < 4.78 is 6.10. The van der Waals surface area contributed by atoms with Gasteiger partial charge in [0, 0.05) is 17.7 Å². The lowest BCUT2D eigenvalue weighted by molar-refractivity contribution is -0.143. The maximum atomic E-state index is 13.2. The summed E-state index contributed by atoms with van der Waals surface area (Å²) in [5.74, 6) is -1.24. The molecule has 2 aliphatic heterocycles. The lowest BCUT2D eigenvalue weighted by atomic mass is 9.72. The van der Waals surface area contributed by atoms with Gasteiger partial charge in [0.25, 0.3) is 0 Å². The quantitative estimate of drug-likeness (QED) is 0.522. The third kappa shape index (κ3) is 6.59. The van der Waals surface area contributed by atoms with E-state index in [1.54, 1.807) is 32.1 Å². The van der Waals surface area contributed by atoms with E-state index in [2.05, 4.69) is 17.2 Å². The Hall–Kier alpha value is -1.61. The molecule has 3 N–H and O–H groups in total. The molecule has 0 spiro atoms. The molecule has 1 unspecified atom stereocenters. The smallest absolute Gasteiger partial charge is 0.223 e. The largest absolute Gasteiger partial charge is 0.392 e. The van der Waals surface area contributed by atoms with E-state index in [9.17, 15) is 19.8 Å². The summed E-state index contributed by atoms with van der Waals surface area (Å²) in [6, 6.07) is -0.269. The summed E-state index contributed by atoms with van der Waals surface area (Å²) in [4.78, 5) is 30.8. The molecule has 0 aliphatic carbocycles. The van der Waals surface area contributed by atoms with Crippen LogP contribution >= 0.6 is 11.3 Å². The molecular formula is C27H42N2O5S. The van der Waals surface area contributed by atoms with Crippen molar-refractivity contribution in [2.75, 3.05) is 0 Å². The zero-order valence-corrected chi connectivity index (χ0v) is 22.9. The van der Waals surface area contributed by atoms with Gasteiger partial charge in [-0.3, -0.25) is 9.59 Å². The third-order valence-electron chi connectivity index (χ3n) is 8.07. The van der Waals surface area contributed by atoms with E-state index in [-0.39, 0.29) is 41.8 Å². The number of amides is 1. The average molecular weight is 507 g/mol. The van der Waals surface area contributed by atoms with Gasteiger partial charge in [-0.2, -0.15) is 0 Å². The second-order valence-corrected chi connectivity index (χ2v) is 12.5. The maximum Gasteiger partial charge on any atom is 0.223 e. The zero-order chi connectivity index (χ0) is 26.1. The summed E-state index contributed by atoms with van der Waals surface area (Å²) >= 11 is 1.58. The van der Waals surface area contributed by atoms with Gasteiger partial charge in [-0.05, 0) is 51.2 Å². The van der Waals surface area contributed by atoms with Crippen molar-refractivity contribution in [2.24, 2.45) is 17.3 Å². The molecule has 7 atom stereocenters. The van der Waals surface area contributed by atoms with E-state index in [0.717, 1.165) is 35.5 Å². The molecule has 8 heteroatoms. The molecule has 2 aliphatic rings. The molecule has 3 rings (SSSR count). The number of hydrogen-bond acceptors (Lipinski definition) is 7. The van der Waals surface area contributed by atoms with E-state index >= 15 is 0 Å². The number of aryl methyl sites for hydroxylation is 1. The number of epoxide rings is 1. The predicted molar refractivity (Wildman–Crippen MR) is 138 cm³/mol. The van der Waals surface area contributed by atoms with Crippen LogP contribution in [0.4, 0.5) is 0 Å². The molecule has 1 aromatic rings. The summed E-state index contributed by atoms with van der Waals surface area (Å²) in [6.45, 7) is 13.0. The van der Waals surface area contributed by atoms with E-state index < -0.39 is 23.5 Å². The van der Waals surface area contributed by atoms with Crippen LogP contribution in [-0.2, 0) is 14.3 Å². The number of aromatic nitrogens is 1. The number of ether oxygens (including phenoxy) is 1. The number of aliphatic hydroxyl groups is 2. The van der Waals surface area contributed by atoms with Crippen LogP contribution in [0.2, 0.25) is 0 Å². The Kier molecular flexibility index (Phi) is 8.62. The van der Waals surface area contributed by atoms with Crippen molar-refractivity contribution in [3.8, 4) is 0 Å². The normalized spacial score (nSPS) is 37.5. The fraction of sp³-hybridized carbons (Fsp3) is 0.741. The standard InChI is InChI=1S/C27H42N2O5S/c1-15-9-8-10-27(7)22(34-27)12-20(16(2)11-19-14-35-18(4)28-19)29-23(31)13-21(30)26(5,6)25(33)17(3)24(15)32/h11,14-15,17,20-22,24,30,32H,8-10,12-13H2,1-7H3,(H,29,31)/b16-11+/t15-,17+,20-,21-,22?,24-,27+/m0/s1. The first kappa shape index (κ1) is 28.0. The molecule has 2 saturated heterocycles. The second-order valence-electron chi connectivity index (χ2n) is 11.4. The number of rotatable bonds is 2. The Morgan fingerprint density at radius 2 is 1.94 bits per heavy atom. The van der Waals surface area contributed by atoms with Crippen molar-refractivity contribution in [1.82, 2.24) is 10.3 Å². The number of fused-ring (bicyclic) bond motifs is 1. The Bertz CT molecular complexity index is 957. The van der Waals surface area contributed by atoms with Crippen molar-refractivity contribution in [2.45, 2.75) is 111 Å². The molecule has 0 bridgehead atoms. The summed E-state index contributed by atoms with van der Waals surface area (Å²) in [5.41, 5.74) is 0.410. The molecule has 3 heterocycles. The molecule has 196 valence electrons. The highest BCUT2D eigenvalue weighted by Gasteiger charge is 2.52. The number of carbonyl (C=O) groups is 2. The molecule has 0 radical (unpaired) electrons. The van der Waals surface area contributed by atoms with Crippen LogP contribution in [0.25, 0.3) is 6.08 Å². The van der Waals surface area contributed by atoms with Crippen molar-refractivity contribution < 1.29 is 24.5 Å². The first-order valence-electron chi connectivity index (χ1n) is 12.7. The lowest BCUT2D eigenvalue weighted by Gasteiger charge is -2.34. The van der Waals surface area contributed by atoms with E-state index in [4.69, 9.17) is 4.74 Å². The molecule has 2 fully saturated rings. The minimum absolute atomic E-state index is 0.0170. The summed E-state index contributed by atoms with van der Waals surface area (Å²) in [5, 5.41) is 27.8. The number of hydrogen-bond donors (Lipinski definition) is 3. The molecule has 7 nitrogen and oxygen atoms in total. The van der Waals surface area contributed by atoms with Crippen LogP contribution in [0.1, 0.15) is 84.3 Å². The van der Waals surface area contributed by atoms with Crippen LogP contribution in [0.5, 0.6) is 0 Å².